The number of amides is 1. The number of ether oxygens (including phenoxy) is 1. The Bertz CT molecular complexity index is 342. The van der Waals surface area contributed by atoms with Gasteiger partial charge in [-0.3, -0.25) is 9.48 Å². The number of carbonyl (C=O) groups is 1. The summed E-state index contributed by atoms with van der Waals surface area (Å²) in [6.45, 7) is 1.40. The molecule has 5 heteroatoms. The van der Waals surface area contributed by atoms with E-state index in [1.807, 2.05) is 0 Å². The molecule has 0 aliphatic carbocycles. The summed E-state index contributed by atoms with van der Waals surface area (Å²) < 4.78 is 7.02. The fourth-order valence-electron chi connectivity index (χ4n) is 1.65. The normalized spacial score (nSPS) is 20.5. The van der Waals surface area contributed by atoms with E-state index in [-0.39, 0.29) is 12.0 Å². The summed E-state index contributed by atoms with van der Waals surface area (Å²) in [5, 5.41) is 6.78. The molecule has 0 aromatic carbocycles. The van der Waals surface area contributed by atoms with E-state index in [4.69, 9.17) is 4.74 Å². The molecule has 0 spiro atoms. The summed E-state index contributed by atoms with van der Waals surface area (Å²) in [5.41, 5.74) is 0.593. The number of carbonyl (C=O) groups excluding carboxylic acids is 1. The second kappa shape index (κ2) is 4.44. The molecule has 82 valence electrons. The van der Waals surface area contributed by atoms with Gasteiger partial charge in [-0.1, -0.05) is 0 Å². The van der Waals surface area contributed by atoms with Gasteiger partial charge in [0.2, 0.25) is 0 Å². The van der Waals surface area contributed by atoms with Gasteiger partial charge in [0.15, 0.2) is 0 Å². The Morgan fingerprint density at radius 2 is 2.67 bits per heavy atom. The van der Waals surface area contributed by atoms with Crippen LogP contribution in [0.3, 0.4) is 0 Å². The molecule has 1 aromatic rings. The van der Waals surface area contributed by atoms with E-state index in [9.17, 15) is 4.79 Å². The second-order valence-electron chi connectivity index (χ2n) is 3.75. The Morgan fingerprint density at radius 3 is 3.27 bits per heavy atom. The fourth-order valence-corrected chi connectivity index (χ4v) is 1.65. The predicted molar refractivity (Wildman–Crippen MR) is 54.5 cm³/mol. The maximum Gasteiger partial charge on any atom is 0.254 e. The lowest BCUT2D eigenvalue weighted by Gasteiger charge is -2.09. The highest BCUT2D eigenvalue weighted by atomic mass is 16.5. The minimum atomic E-state index is -0.0846. The standard InChI is InChI=1S/C10H15N3O2/c1-13-7-8(5-12-13)10(14)11-6-9-3-2-4-15-9/h5,7,9H,2-4,6H2,1H3,(H,11,14). The molecule has 5 nitrogen and oxygen atoms in total. The van der Waals surface area contributed by atoms with Crippen LogP contribution in [0.5, 0.6) is 0 Å². The van der Waals surface area contributed by atoms with Crippen molar-refractivity contribution in [3.05, 3.63) is 18.0 Å². The SMILES string of the molecule is Cn1cc(C(=O)NCC2CCCO2)cn1. The van der Waals surface area contributed by atoms with Gasteiger partial charge in [0.05, 0.1) is 17.9 Å². The predicted octanol–water partition coefficient (Wildman–Crippen LogP) is 0.329. The quantitative estimate of drug-likeness (QED) is 0.780. The Balaban J connectivity index is 1.81. The molecule has 1 amide bonds. The van der Waals surface area contributed by atoms with Crippen LogP contribution in [0.1, 0.15) is 23.2 Å². The van der Waals surface area contributed by atoms with Crippen LogP contribution in [0.2, 0.25) is 0 Å². The van der Waals surface area contributed by atoms with Crippen LogP contribution in [0.15, 0.2) is 12.4 Å². The fraction of sp³-hybridized carbons (Fsp3) is 0.600. The molecule has 1 atom stereocenters. The van der Waals surface area contributed by atoms with Crippen LogP contribution in [0.4, 0.5) is 0 Å². The zero-order valence-electron chi connectivity index (χ0n) is 8.77. The Hall–Kier alpha value is -1.36. The number of rotatable bonds is 3. The molecule has 0 saturated carbocycles. The third-order valence-corrected chi connectivity index (χ3v) is 2.48. The minimum absolute atomic E-state index is 0.0846. The zero-order valence-corrected chi connectivity index (χ0v) is 8.77. The van der Waals surface area contributed by atoms with Crippen molar-refractivity contribution in [3.8, 4) is 0 Å². The van der Waals surface area contributed by atoms with Crippen molar-refractivity contribution in [2.45, 2.75) is 18.9 Å². The average molecular weight is 209 g/mol. The topological polar surface area (TPSA) is 56.2 Å². The van der Waals surface area contributed by atoms with Crippen LogP contribution >= 0.6 is 0 Å². The first kappa shape index (κ1) is 10.2. The van der Waals surface area contributed by atoms with Crippen molar-refractivity contribution in [1.29, 1.82) is 0 Å². The number of nitrogens with one attached hydrogen (secondary N) is 1. The van der Waals surface area contributed by atoms with E-state index in [1.165, 1.54) is 0 Å². The highest BCUT2D eigenvalue weighted by molar-refractivity contribution is 5.93. The van der Waals surface area contributed by atoms with Gasteiger partial charge in [-0.15, -0.1) is 0 Å². The van der Waals surface area contributed by atoms with Gasteiger partial charge in [0.25, 0.3) is 5.91 Å². The lowest BCUT2D eigenvalue weighted by Crippen LogP contribution is -2.31. The summed E-state index contributed by atoms with van der Waals surface area (Å²) in [5.74, 6) is -0.0846. The minimum Gasteiger partial charge on any atom is -0.376 e. The highest BCUT2D eigenvalue weighted by Crippen LogP contribution is 2.10. The number of aryl methyl sites for hydroxylation is 1. The van der Waals surface area contributed by atoms with E-state index in [2.05, 4.69) is 10.4 Å². The molecule has 1 N–H and O–H groups in total. The molecule has 1 unspecified atom stereocenters. The molecule has 2 heterocycles. The molecular formula is C10H15N3O2. The van der Waals surface area contributed by atoms with Gasteiger partial charge in [-0.05, 0) is 12.8 Å². The van der Waals surface area contributed by atoms with Gasteiger partial charge in [-0.25, -0.2) is 0 Å². The molecule has 0 radical (unpaired) electrons. The number of aromatic nitrogens is 2. The lowest BCUT2D eigenvalue weighted by atomic mass is 10.2. The Kier molecular flexibility index (Phi) is 3.01. The molecule has 2 rings (SSSR count). The summed E-state index contributed by atoms with van der Waals surface area (Å²) >= 11 is 0. The third-order valence-electron chi connectivity index (χ3n) is 2.48. The molecule has 1 aliphatic heterocycles. The summed E-state index contributed by atoms with van der Waals surface area (Å²) in [4.78, 5) is 11.6. The first-order valence-corrected chi connectivity index (χ1v) is 5.14. The van der Waals surface area contributed by atoms with Crippen molar-refractivity contribution in [2.75, 3.05) is 13.2 Å². The van der Waals surface area contributed by atoms with E-state index in [0.717, 1.165) is 19.4 Å². The van der Waals surface area contributed by atoms with E-state index >= 15 is 0 Å². The number of hydrogen-bond acceptors (Lipinski definition) is 3. The van der Waals surface area contributed by atoms with Crippen LogP contribution in [-0.2, 0) is 11.8 Å². The first-order chi connectivity index (χ1) is 7.25. The summed E-state index contributed by atoms with van der Waals surface area (Å²) in [7, 11) is 1.79. The van der Waals surface area contributed by atoms with Gasteiger partial charge in [0.1, 0.15) is 0 Å². The molecule has 1 saturated heterocycles. The Morgan fingerprint density at radius 1 is 1.80 bits per heavy atom. The van der Waals surface area contributed by atoms with Crippen LogP contribution in [-0.4, -0.2) is 34.9 Å². The number of nitrogens with zero attached hydrogens (tertiary/aromatic N) is 2. The van der Waals surface area contributed by atoms with Crippen LogP contribution < -0.4 is 5.32 Å². The van der Waals surface area contributed by atoms with E-state index in [0.29, 0.717) is 12.1 Å². The van der Waals surface area contributed by atoms with Crippen molar-refractivity contribution < 1.29 is 9.53 Å². The van der Waals surface area contributed by atoms with Crippen molar-refractivity contribution in [1.82, 2.24) is 15.1 Å². The van der Waals surface area contributed by atoms with Gasteiger partial charge >= 0.3 is 0 Å². The maximum atomic E-state index is 11.6. The first-order valence-electron chi connectivity index (χ1n) is 5.14. The molecule has 1 aliphatic rings. The van der Waals surface area contributed by atoms with Crippen molar-refractivity contribution >= 4 is 5.91 Å². The molecule has 1 aromatic heterocycles. The highest BCUT2D eigenvalue weighted by Gasteiger charge is 2.16. The van der Waals surface area contributed by atoms with Crippen LogP contribution in [0.25, 0.3) is 0 Å². The second-order valence-corrected chi connectivity index (χ2v) is 3.75. The molecule has 0 bridgehead atoms. The zero-order chi connectivity index (χ0) is 10.7. The molecule has 1 fully saturated rings. The maximum absolute atomic E-state index is 11.6. The molecular weight excluding hydrogens is 194 g/mol. The van der Waals surface area contributed by atoms with Crippen molar-refractivity contribution in [2.24, 2.45) is 7.05 Å². The van der Waals surface area contributed by atoms with Crippen molar-refractivity contribution in [3.63, 3.8) is 0 Å². The smallest absolute Gasteiger partial charge is 0.254 e. The summed E-state index contributed by atoms with van der Waals surface area (Å²) in [6.07, 6.45) is 5.57. The monoisotopic (exact) mass is 209 g/mol. The largest absolute Gasteiger partial charge is 0.376 e. The summed E-state index contributed by atoms with van der Waals surface area (Å²) in [6, 6.07) is 0. The Labute approximate surface area is 88.4 Å². The lowest BCUT2D eigenvalue weighted by molar-refractivity contribution is 0.0857. The van der Waals surface area contributed by atoms with Crippen LogP contribution in [0, 0.1) is 0 Å². The third kappa shape index (κ3) is 2.56. The van der Waals surface area contributed by atoms with Gasteiger partial charge in [-0.2, -0.15) is 5.10 Å². The van der Waals surface area contributed by atoms with Gasteiger partial charge < -0.3 is 10.1 Å². The number of hydrogen-bond donors (Lipinski definition) is 1. The van der Waals surface area contributed by atoms with E-state index < -0.39 is 0 Å². The van der Waals surface area contributed by atoms with E-state index in [1.54, 1.807) is 24.1 Å². The average Bonchev–Trinajstić information content (AvgIpc) is 2.84. The molecule has 15 heavy (non-hydrogen) atoms. The van der Waals surface area contributed by atoms with Gasteiger partial charge in [0, 0.05) is 26.4 Å².